The van der Waals surface area contributed by atoms with Crippen molar-refractivity contribution in [2.75, 3.05) is 0 Å². The fourth-order valence-electron chi connectivity index (χ4n) is 1.59. The van der Waals surface area contributed by atoms with Crippen LogP contribution in [0.2, 0.25) is 0 Å². The molecular weight excluding hydrogens is 216 g/mol. The fourth-order valence-corrected chi connectivity index (χ4v) is 2.28. The Morgan fingerprint density at radius 3 is 2.60 bits per heavy atom. The van der Waals surface area contributed by atoms with Gasteiger partial charge in [0.15, 0.2) is 0 Å². The van der Waals surface area contributed by atoms with E-state index in [-0.39, 0.29) is 11.2 Å². The van der Waals surface area contributed by atoms with Gasteiger partial charge in [0, 0.05) is 12.5 Å². The molecule has 1 aromatic rings. The smallest absolute Gasteiger partial charge is 0.273 e. The van der Waals surface area contributed by atoms with Crippen LogP contribution in [0.5, 0.6) is 0 Å². The van der Waals surface area contributed by atoms with Crippen molar-refractivity contribution in [3.05, 3.63) is 5.82 Å². The second-order valence-corrected chi connectivity index (χ2v) is 5.25. The summed E-state index contributed by atoms with van der Waals surface area (Å²) in [6.07, 6.45) is 3.61. The molecule has 15 heavy (non-hydrogen) atoms. The van der Waals surface area contributed by atoms with E-state index in [9.17, 15) is 8.42 Å². The quantitative estimate of drug-likeness (QED) is 0.800. The summed E-state index contributed by atoms with van der Waals surface area (Å²) in [6.45, 7) is 2.02. The molecule has 1 aromatic heterocycles. The van der Waals surface area contributed by atoms with Crippen molar-refractivity contribution in [1.29, 1.82) is 0 Å². The Morgan fingerprint density at radius 1 is 1.47 bits per heavy atom. The minimum Gasteiger partial charge on any atom is -0.298 e. The van der Waals surface area contributed by atoms with Crippen LogP contribution in [-0.4, -0.2) is 23.2 Å². The van der Waals surface area contributed by atoms with Crippen LogP contribution in [0.3, 0.4) is 0 Å². The summed E-state index contributed by atoms with van der Waals surface area (Å²) in [6, 6.07) is 0.231. The van der Waals surface area contributed by atoms with E-state index in [4.69, 9.17) is 5.14 Å². The molecule has 0 unspecified atom stereocenters. The summed E-state index contributed by atoms with van der Waals surface area (Å²) < 4.78 is 24.2. The molecule has 0 amide bonds. The highest BCUT2D eigenvalue weighted by atomic mass is 32.2. The Morgan fingerprint density at radius 2 is 2.13 bits per heavy atom. The third-order valence-corrected chi connectivity index (χ3v) is 3.16. The standard InChI is InChI=1S/C8H14N4O2S/c1-2-3-7-10-11-8(15(9,13)14)12(7)6-4-5-6/h6H,2-5H2,1H3,(H2,9,13,14). The molecule has 0 atom stereocenters. The number of hydrogen-bond donors (Lipinski definition) is 1. The molecule has 2 N–H and O–H groups in total. The van der Waals surface area contributed by atoms with Gasteiger partial charge in [0.1, 0.15) is 5.82 Å². The molecule has 0 aromatic carbocycles. The minimum absolute atomic E-state index is 0.0894. The lowest BCUT2D eigenvalue weighted by Gasteiger charge is -2.06. The fraction of sp³-hybridized carbons (Fsp3) is 0.750. The van der Waals surface area contributed by atoms with Crippen molar-refractivity contribution in [2.24, 2.45) is 5.14 Å². The topological polar surface area (TPSA) is 90.9 Å². The van der Waals surface area contributed by atoms with E-state index < -0.39 is 10.0 Å². The van der Waals surface area contributed by atoms with E-state index >= 15 is 0 Å². The van der Waals surface area contributed by atoms with Crippen molar-refractivity contribution in [3.63, 3.8) is 0 Å². The van der Waals surface area contributed by atoms with Crippen LogP contribution in [0.25, 0.3) is 0 Å². The monoisotopic (exact) mass is 230 g/mol. The van der Waals surface area contributed by atoms with E-state index in [1.165, 1.54) is 0 Å². The summed E-state index contributed by atoms with van der Waals surface area (Å²) in [5.74, 6) is 0.726. The number of sulfonamides is 1. The zero-order valence-electron chi connectivity index (χ0n) is 8.55. The Kier molecular flexibility index (Phi) is 2.51. The molecule has 2 rings (SSSR count). The van der Waals surface area contributed by atoms with Crippen LogP contribution < -0.4 is 5.14 Å². The molecule has 6 nitrogen and oxygen atoms in total. The van der Waals surface area contributed by atoms with Gasteiger partial charge in [-0.2, -0.15) is 0 Å². The van der Waals surface area contributed by atoms with Crippen molar-refractivity contribution in [3.8, 4) is 0 Å². The minimum atomic E-state index is -3.75. The van der Waals surface area contributed by atoms with Gasteiger partial charge in [-0.25, -0.2) is 13.6 Å². The van der Waals surface area contributed by atoms with Gasteiger partial charge in [0.25, 0.3) is 15.2 Å². The molecule has 1 fully saturated rings. The maximum atomic E-state index is 11.3. The average molecular weight is 230 g/mol. The van der Waals surface area contributed by atoms with Crippen molar-refractivity contribution >= 4 is 10.0 Å². The maximum Gasteiger partial charge on any atom is 0.273 e. The predicted octanol–water partition coefficient (Wildman–Crippen LogP) is 0.213. The summed E-state index contributed by atoms with van der Waals surface area (Å²) in [5, 5.41) is 12.5. The lowest BCUT2D eigenvalue weighted by molar-refractivity contribution is 0.557. The Balaban J connectivity index is 2.47. The molecule has 0 saturated heterocycles. The lowest BCUT2D eigenvalue weighted by atomic mass is 10.3. The van der Waals surface area contributed by atoms with E-state index in [2.05, 4.69) is 10.2 Å². The number of primary sulfonamides is 1. The first-order valence-corrected chi connectivity index (χ1v) is 6.55. The Labute approximate surface area is 88.5 Å². The van der Waals surface area contributed by atoms with Gasteiger partial charge in [-0.3, -0.25) is 4.57 Å². The third-order valence-electron chi connectivity index (χ3n) is 2.38. The number of nitrogens with two attached hydrogens (primary N) is 1. The van der Waals surface area contributed by atoms with E-state index in [0.29, 0.717) is 0 Å². The Hall–Kier alpha value is -0.950. The van der Waals surface area contributed by atoms with Crippen molar-refractivity contribution < 1.29 is 8.42 Å². The van der Waals surface area contributed by atoms with Crippen LogP contribution in [0.15, 0.2) is 5.16 Å². The average Bonchev–Trinajstić information content (AvgIpc) is 2.87. The summed E-state index contributed by atoms with van der Waals surface area (Å²) in [7, 11) is -3.75. The van der Waals surface area contributed by atoms with Gasteiger partial charge in [0.2, 0.25) is 0 Å². The third kappa shape index (κ3) is 2.03. The second-order valence-electron chi connectivity index (χ2n) is 3.79. The molecule has 0 bridgehead atoms. The van der Waals surface area contributed by atoms with E-state index in [1.54, 1.807) is 4.57 Å². The van der Waals surface area contributed by atoms with Gasteiger partial charge in [-0.05, 0) is 19.3 Å². The molecule has 1 saturated carbocycles. The SMILES string of the molecule is CCCc1nnc(S(N)(=O)=O)n1C1CC1. The molecule has 1 aliphatic rings. The van der Waals surface area contributed by atoms with Gasteiger partial charge < -0.3 is 0 Å². The highest BCUT2D eigenvalue weighted by molar-refractivity contribution is 7.89. The molecule has 0 radical (unpaired) electrons. The summed E-state index contributed by atoms with van der Waals surface area (Å²) >= 11 is 0. The molecule has 0 aliphatic heterocycles. The zero-order valence-corrected chi connectivity index (χ0v) is 9.37. The van der Waals surface area contributed by atoms with Gasteiger partial charge in [0.05, 0.1) is 0 Å². The number of aryl methyl sites for hydroxylation is 1. The molecule has 1 heterocycles. The van der Waals surface area contributed by atoms with Crippen LogP contribution in [0.1, 0.15) is 38.1 Å². The van der Waals surface area contributed by atoms with Crippen molar-refractivity contribution in [1.82, 2.24) is 14.8 Å². The number of rotatable bonds is 4. The van der Waals surface area contributed by atoms with Crippen LogP contribution in [-0.2, 0) is 16.4 Å². The number of aromatic nitrogens is 3. The van der Waals surface area contributed by atoms with Crippen LogP contribution >= 0.6 is 0 Å². The van der Waals surface area contributed by atoms with E-state index in [1.807, 2.05) is 6.92 Å². The second kappa shape index (κ2) is 3.57. The molecule has 84 valence electrons. The Bertz CT molecular complexity index is 461. The van der Waals surface area contributed by atoms with E-state index in [0.717, 1.165) is 31.5 Å². The lowest BCUT2D eigenvalue weighted by Crippen LogP contribution is -2.19. The largest absolute Gasteiger partial charge is 0.298 e. The molecule has 7 heteroatoms. The highest BCUT2D eigenvalue weighted by Crippen LogP contribution is 2.37. The molecule has 0 spiro atoms. The normalized spacial score (nSPS) is 16.9. The zero-order chi connectivity index (χ0) is 11.1. The first-order valence-electron chi connectivity index (χ1n) is 5.00. The first-order chi connectivity index (χ1) is 7.04. The maximum absolute atomic E-state index is 11.3. The van der Waals surface area contributed by atoms with Gasteiger partial charge in [-0.1, -0.05) is 6.92 Å². The predicted molar refractivity (Wildman–Crippen MR) is 53.7 cm³/mol. The summed E-state index contributed by atoms with van der Waals surface area (Å²) in [5.41, 5.74) is 0. The van der Waals surface area contributed by atoms with Crippen LogP contribution in [0, 0.1) is 0 Å². The van der Waals surface area contributed by atoms with Gasteiger partial charge in [-0.15, -0.1) is 10.2 Å². The van der Waals surface area contributed by atoms with Gasteiger partial charge >= 0.3 is 0 Å². The first kappa shape index (κ1) is 10.6. The summed E-state index contributed by atoms with van der Waals surface area (Å²) in [4.78, 5) is 0. The number of hydrogen-bond acceptors (Lipinski definition) is 4. The molecular formula is C8H14N4O2S. The number of nitrogens with zero attached hydrogens (tertiary/aromatic N) is 3. The van der Waals surface area contributed by atoms with Crippen molar-refractivity contribution in [2.45, 2.75) is 43.8 Å². The highest BCUT2D eigenvalue weighted by Gasteiger charge is 2.32. The van der Waals surface area contributed by atoms with Crippen LogP contribution in [0.4, 0.5) is 0 Å². The molecule has 1 aliphatic carbocycles.